The molecule has 0 rings (SSSR count). The fourth-order valence-corrected chi connectivity index (χ4v) is 1.87. The molecule has 19 heavy (non-hydrogen) atoms. The Labute approximate surface area is 116 Å². The predicted octanol–water partition coefficient (Wildman–Crippen LogP) is 1.28. The van der Waals surface area contributed by atoms with Crippen molar-refractivity contribution in [2.24, 2.45) is 11.8 Å². The van der Waals surface area contributed by atoms with Gasteiger partial charge < -0.3 is 20.5 Å². The number of amides is 2. The minimum absolute atomic E-state index is 0.196. The highest BCUT2D eigenvalue weighted by atomic mass is 16.4. The second-order valence-electron chi connectivity index (χ2n) is 5.31. The molecule has 0 unspecified atom stereocenters. The Morgan fingerprint density at radius 2 is 1.84 bits per heavy atom. The van der Waals surface area contributed by atoms with E-state index in [2.05, 4.69) is 24.5 Å². The van der Waals surface area contributed by atoms with Gasteiger partial charge in [-0.2, -0.15) is 0 Å². The van der Waals surface area contributed by atoms with Crippen LogP contribution >= 0.6 is 0 Å². The van der Waals surface area contributed by atoms with Gasteiger partial charge in [0.25, 0.3) is 0 Å². The molecule has 2 amide bonds. The maximum Gasteiger partial charge on any atom is 0.315 e. The standard InChI is InChI=1S/C14H28N2O3/c1-5-7-8-11(6-2)9-15-14(19)16-12(10(3)4)13(17)18/h10-12H,5-9H2,1-4H3,(H,17,18)(H2,15,16,19)/p-1/t11-,12-/m0/s1. The summed E-state index contributed by atoms with van der Waals surface area (Å²) >= 11 is 0. The summed E-state index contributed by atoms with van der Waals surface area (Å²) in [5, 5.41) is 16.0. The summed E-state index contributed by atoms with van der Waals surface area (Å²) < 4.78 is 0. The zero-order valence-corrected chi connectivity index (χ0v) is 12.5. The number of hydrogen-bond acceptors (Lipinski definition) is 3. The first-order chi connectivity index (χ1) is 8.92. The van der Waals surface area contributed by atoms with Crippen molar-refractivity contribution in [1.29, 1.82) is 0 Å². The maximum atomic E-state index is 11.6. The van der Waals surface area contributed by atoms with E-state index in [4.69, 9.17) is 0 Å². The van der Waals surface area contributed by atoms with E-state index in [9.17, 15) is 14.7 Å². The van der Waals surface area contributed by atoms with Crippen LogP contribution in [0.3, 0.4) is 0 Å². The third-order valence-corrected chi connectivity index (χ3v) is 3.30. The van der Waals surface area contributed by atoms with E-state index in [0.717, 1.165) is 25.7 Å². The van der Waals surface area contributed by atoms with E-state index in [0.29, 0.717) is 12.5 Å². The molecule has 2 N–H and O–H groups in total. The summed E-state index contributed by atoms with van der Waals surface area (Å²) in [4.78, 5) is 22.5. The number of hydrogen-bond donors (Lipinski definition) is 2. The number of carboxylic acids is 1. The average Bonchev–Trinajstić information content (AvgIpc) is 2.35. The second kappa shape index (κ2) is 9.64. The number of urea groups is 1. The Morgan fingerprint density at radius 1 is 1.21 bits per heavy atom. The fraction of sp³-hybridized carbons (Fsp3) is 0.857. The summed E-state index contributed by atoms with van der Waals surface area (Å²) in [5.74, 6) is -0.993. The van der Waals surface area contributed by atoms with Crippen molar-refractivity contribution in [3.05, 3.63) is 0 Å². The lowest BCUT2D eigenvalue weighted by molar-refractivity contribution is -0.309. The first-order valence-electron chi connectivity index (χ1n) is 7.17. The number of nitrogens with one attached hydrogen (secondary N) is 2. The van der Waals surface area contributed by atoms with Crippen LogP contribution in [0.4, 0.5) is 4.79 Å². The smallest absolute Gasteiger partial charge is 0.315 e. The van der Waals surface area contributed by atoms with Crippen LogP contribution in [-0.4, -0.2) is 24.6 Å². The molecule has 0 aromatic heterocycles. The van der Waals surface area contributed by atoms with Gasteiger partial charge in [0.1, 0.15) is 0 Å². The maximum absolute atomic E-state index is 11.6. The van der Waals surface area contributed by atoms with Crippen LogP contribution in [0.5, 0.6) is 0 Å². The lowest BCUT2D eigenvalue weighted by atomic mass is 9.99. The number of aliphatic carboxylic acids is 1. The Morgan fingerprint density at radius 3 is 2.26 bits per heavy atom. The van der Waals surface area contributed by atoms with Gasteiger partial charge in [0.05, 0.1) is 12.0 Å². The third-order valence-electron chi connectivity index (χ3n) is 3.30. The third kappa shape index (κ3) is 7.70. The molecule has 0 spiro atoms. The van der Waals surface area contributed by atoms with E-state index < -0.39 is 18.0 Å². The van der Waals surface area contributed by atoms with E-state index >= 15 is 0 Å². The van der Waals surface area contributed by atoms with Crippen molar-refractivity contribution < 1.29 is 14.7 Å². The van der Waals surface area contributed by atoms with Gasteiger partial charge in [-0.1, -0.05) is 47.0 Å². The van der Waals surface area contributed by atoms with Crippen LogP contribution in [0, 0.1) is 11.8 Å². The number of carbonyl (C=O) groups excluding carboxylic acids is 2. The minimum Gasteiger partial charge on any atom is -0.548 e. The first-order valence-corrected chi connectivity index (χ1v) is 7.17. The van der Waals surface area contributed by atoms with E-state index in [1.165, 1.54) is 0 Å². The van der Waals surface area contributed by atoms with E-state index in [1.807, 2.05) is 0 Å². The second-order valence-corrected chi connectivity index (χ2v) is 5.31. The Balaban J connectivity index is 4.11. The average molecular weight is 271 g/mol. The molecule has 0 aliphatic rings. The van der Waals surface area contributed by atoms with Crippen LogP contribution in [0.2, 0.25) is 0 Å². The van der Waals surface area contributed by atoms with Gasteiger partial charge in [-0.25, -0.2) is 4.79 Å². The summed E-state index contributed by atoms with van der Waals surface area (Å²) in [6, 6.07) is -1.38. The molecule has 2 atom stereocenters. The normalized spacial score (nSPS) is 13.9. The van der Waals surface area contributed by atoms with Gasteiger partial charge in [0, 0.05) is 6.54 Å². The fourth-order valence-electron chi connectivity index (χ4n) is 1.87. The Hall–Kier alpha value is -1.26. The van der Waals surface area contributed by atoms with E-state index in [-0.39, 0.29) is 5.92 Å². The molecule has 0 aliphatic carbocycles. The first kappa shape index (κ1) is 17.7. The molecule has 5 nitrogen and oxygen atoms in total. The highest BCUT2D eigenvalue weighted by Crippen LogP contribution is 2.11. The van der Waals surface area contributed by atoms with Crippen molar-refractivity contribution in [3.8, 4) is 0 Å². The highest BCUT2D eigenvalue weighted by Gasteiger charge is 2.17. The molecule has 0 saturated heterocycles. The van der Waals surface area contributed by atoms with Crippen LogP contribution in [0.15, 0.2) is 0 Å². The summed E-state index contributed by atoms with van der Waals surface area (Å²) in [7, 11) is 0. The molecule has 0 saturated carbocycles. The van der Waals surface area contributed by atoms with Gasteiger partial charge in [-0.05, 0) is 18.3 Å². The lowest BCUT2D eigenvalue weighted by Gasteiger charge is -2.24. The molecule has 0 radical (unpaired) electrons. The van der Waals surface area contributed by atoms with Crippen LogP contribution in [0.25, 0.3) is 0 Å². The van der Waals surface area contributed by atoms with Crippen molar-refractivity contribution in [2.75, 3.05) is 6.54 Å². The van der Waals surface area contributed by atoms with Gasteiger partial charge >= 0.3 is 6.03 Å². The van der Waals surface area contributed by atoms with Crippen LogP contribution < -0.4 is 15.7 Å². The molecule has 0 bridgehead atoms. The van der Waals surface area contributed by atoms with E-state index in [1.54, 1.807) is 13.8 Å². The van der Waals surface area contributed by atoms with Gasteiger partial charge in [-0.3, -0.25) is 0 Å². The number of carbonyl (C=O) groups is 2. The number of carboxylic acid groups (broad SMARTS) is 1. The summed E-state index contributed by atoms with van der Waals surface area (Å²) in [6.07, 6.45) is 4.38. The molecule has 0 fully saturated rings. The minimum atomic E-state index is -1.25. The van der Waals surface area contributed by atoms with Crippen LogP contribution in [0.1, 0.15) is 53.4 Å². The summed E-state index contributed by atoms with van der Waals surface area (Å²) in [6.45, 7) is 8.28. The molecular formula is C14H27N2O3-. The molecule has 0 aromatic rings. The zero-order chi connectivity index (χ0) is 14.8. The zero-order valence-electron chi connectivity index (χ0n) is 12.5. The lowest BCUT2D eigenvalue weighted by Crippen LogP contribution is -2.53. The molecule has 0 heterocycles. The Kier molecular flexibility index (Phi) is 9.00. The predicted molar refractivity (Wildman–Crippen MR) is 73.5 cm³/mol. The van der Waals surface area contributed by atoms with Crippen molar-refractivity contribution in [3.63, 3.8) is 0 Å². The molecule has 0 aliphatic heterocycles. The summed E-state index contributed by atoms with van der Waals surface area (Å²) in [5.41, 5.74) is 0. The van der Waals surface area contributed by atoms with Crippen LogP contribution in [-0.2, 0) is 4.79 Å². The SMILES string of the molecule is CCCC[C@H](CC)CNC(=O)N[C@H](C(=O)[O-])C(C)C. The molecule has 112 valence electrons. The van der Waals surface area contributed by atoms with Crippen molar-refractivity contribution >= 4 is 12.0 Å². The molecule has 0 aromatic carbocycles. The van der Waals surface area contributed by atoms with Gasteiger partial charge in [0.15, 0.2) is 0 Å². The molecular weight excluding hydrogens is 244 g/mol. The quantitative estimate of drug-likeness (QED) is 0.662. The van der Waals surface area contributed by atoms with Gasteiger partial charge in [0.2, 0.25) is 0 Å². The van der Waals surface area contributed by atoms with Crippen molar-refractivity contribution in [1.82, 2.24) is 10.6 Å². The monoisotopic (exact) mass is 271 g/mol. The van der Waals surface area contributed by atoms with Crippen molar-refractivity contribution in [2.45, 2.75) is 59.4 Å². The Bertz CT molecular complexity index is 280. The molecule has 5 heteroatoms. The highest BCUT2D eigenvalue weighted by molar-refractivity contribution is 5.81. The largest absolute Gasteiger partial charge is 0.548 e. The topological polar surface area (TPSA) is 81.3 Å². The number of unbranched alkanes of at least 4 members (excludes halogenated alkanes) is 1. The van der Waals surface area contributed by atoms with Gasteiger partial charge in [-0.15, -0.1) is 0 Å². The number of rotatable bonds is 9.